The number of esters is 1. The van der Waals surface area contributed by atoms with Crippen LogP contribution >= 0.6 is 0 Å². The first kappa shape index (κ1) is 21.1. The van der Waals surface area contributed by atoms with Crippen LogP contribution in [0.5, 0.6) is 0 Å². The molecule has 0 N–H and O–H groups in total. The minimum absolute atomic E-state index is 0.00615. The molecular formula is C21H30N2O4. The first-order chi connectivity index (χ1) is 12.9. The summed E-state index contributed by atoms with van der Waals surface area (Å²) in [5, 5.41) is 0. The molecule has 1 aromatic rings. The minimum atomic E-state index is -0.226. The number of rotatable bonds is 7. The number of nitrogens with zero attached hydrogens (tertiary/aromatic N) is 2. The van der Waals surface area contributed by atoms with Crippen molar-refractivity contribution in [3.63, 3.8) is 0 Å². The lowest BCUT2D eigenvalue weighted by molar-refractivity contribution is -0.144. The molecule has 148 valence electrons. The summed E-state index contributed by atoms with van der Waals surface area (Å²) in [7, 11) is 0. The summed E-state index contributed by atoms with van der Waals surface area (Å²) in [5.74, 6) is -0.202. The number of Topliss-reactive ketones (excluding diaryl/α,β-unsaturated/α-hetero) is 1. The summed E-state index contributed by atoms with van der Waals surface area (Å²) in [6.45, 7) is 8.97. The number of hydrogen-bond acceptors (Lipinski definition) is 5. The predicted octanol–water partition coefficient (Wildman–Crippen LogP) is 2.36. The number of carbonyl (C=O) groups excluding carboxylic acids is 3. The molecule has 1 saturated heterocycles. The predicted molar refractivity (Wildman–Crippen MR) is 104 cm³/mol. The van der Waals surface area contributed by atoms with Crippen LogP contribution in [0.4, 0.5) is 0 Å². The van der Waals surface area contributed by atoms with Crippen LogP contribution in [0.3, 0.4) is 0 Å². The largest absolute Gasteiger partial charge is 0.465 e. The molecule has 1 amide bonds. The van der Waals surface area contributed by atoms with E-state index >= 15 is 0 Å². The average Bonchev–Trinajstić information content (AvgIpc) is 2.87. The third-order valence-electron chi connectivity index (χ3n) is 4.86. The van der Waals surface area contributed by atoms with Gasteiger partial charge in [0.25, 0.3) is 0 Å². The van der Waals surface area contributed by atoms with Gasteiger partial charge in [0.15, 0.2) is 5.78 Å². The molecule has 0 bridgehead atoms. The monoisotopic (exact) mass is 374 g/mol. The van der Waals surface area contributed by atoms with E-state index in [9.17, 15) is 14.4 Å². The van der Waals surface area contributed by atoms with Crippen LogP contribution < -0.4 is 0 Å². The van der Waals surface area contributed by atoms with Gasteiger partial charge in [0, 0.05) is 44.6 Å². The molecule has 0 aliphatic carbocycles. The lowest BCUT2D eigenvalue weighted by Gasteiger charge is -2.21. The molecule has 1 heterocycles. The molecule has 1 aliphatic heterocycles. The van der Waals surface area contributed by atoms with Gasteiger partial charge in [-0.2, -0.15) is 0 Å². The average molecular weight is 374 g/mol. The zero-order valence-corrected chi connectivity index (χ0v) is 16.6. The Morgan fingerprint density at radius 2 is 1.81 bits per heavy atom. The van der Waals surface area contributed by atoms with E-state index in [0.29, 0.717) is 31.8 Å². The maximum Gasteiger partial charge on any atom is 0.320 e. The van der Waals surface area contributed by atoms with Crippen molar-refractivity contribution in [2.24, 2.45) is 0 Å². The molecule has 1 aliphatic rings. The molecule has 6 heteroatoms. The standard InChI is InChI=1S/C21H30N2O4/c1-4-27-21(26)15-22-10-5-11-23(13-12-22)20(25)9-8-19(24)18-14-16(2)6-7-17(18)3/h6-7,14H,4-5,8-13,15H2,1-3H3. The first-order valence-corrected chi connectivity index (χ1v) is 9.67. The molecular weight excluding hydrogens is 344 g/mol. The Hall–Kier alpha value is -2.21. The van der Waals surface area contributed by atoms with Crippen LogP contribution in [0.1, 0.15) is 47.7 Å². The number of ether oxygens (including phenoxy) is 1. The van der Waals surface area contributed by atoms with Gasteiger partial charge in [0.1, 0.15) is 0 Å². The maximum absolute atomic E-state index is 12.5. The van der Waals surface area contributed by atoms with E-state index in [1.54, 1.807) is 6.92 Å². The molecule has 1 aromatic carbocycles. The molecule has 0 unspecified atom stereocenters. The summed E-state index contributed by atoms with van der Waals surface area (Å²) < 4.78 is 4.99. The van der Waals surface area contributed by atoms with Crippen molar-refractivity contribution in [3.8, 4) is 0 Å². The van der Waals surface area contributed by atoms with Crippen LogP contribution in [0.2, 0.25) is 0 Å². The zero-order chi connectivity index (χ0) is 19.8. The smallest absolute Gasteiger partial charge is 0.320 e. The van der Waals surface area contributed by atoms with Crippen molar-refractivity contribution in [2.75, 3.05) is 39.3 Å². The Morgan fingerprint density at radius 3 is 2.56 bits per heavy atom. The molecule has 0 radical (unpaired) electrons. The molecule has 0 saturated carbocycles. The van der Waals surface area contributed by atoms with Crippen molar-refractivity contribution in [3.05, 3.63) is 34.9 Å². The van der Waals surface area contributed by atoms with Gasteiger partial charge < -0.3 is 9.64 Å². The zero-order valence-electron chi connectivity index (χ0n) is 16.6. The van der Waals surface area contributed by atoms with Crippen LogP contribution in [-0.4, -0.2) is 66.8 Å². The van der Waals surface area contributed by atoms with Crippen LogP contribution in [0.15, 0.2) is 18.2 Å². The number of benzene rings is 1. The van der Waals surface area contributed by atoms with Gasteiger partial charge in [0.2, 0.25) is 5.91 Å². The van der Waals surface area contributed by atoms with Gasteiger partial charge in [-0.15, -0.1) is 0 Å². The number of ketones is 1. The molecule has 2 rings (SSSR count). The van der Waals surface area contributed by atoms with Gasteiger partial charge >= 0.3 is 5.97 Å². The summed E-state index contributed by atoms with van der Waals surface area (Å²) in [4.78, 5) is 40.5. The van der Waals surface area contributed by atoms with Gasteiger partial charge in [0.05, 0.1) is 13.2 Å². The van der Waals surface area contributed by atoms with E-state index < -0.39 is 0 Å². The lowest BCUT2D eigenvalue weighted by atomic mass is 9.99. The van der Waals surface area contributed by atoms with E-state index in [0.717, 1.165) is 24.1 Å². The third kappa shape index (κ3) is 6.47. The molecule has 0 aromatic heterocycles. The van der Waals surface area contributed by atoms with Crippen molar-refractivity contribution in [1.29, 1.82) is 0 Å². The number of carbonyl (C=O) groups is 3. The highest BCUT2D eigenvalue weighted by Gasteiger charge is 2.21. The van der Waals surface area contributed by atoms with Crippen LogP contribution in [-0.2, 0) is 14.3 Å². The van der Waals surface area contributed by atoms with Crippen LogP contribution in [0, 0.1) is 13.8 Å². The number of hydrogen-bond donors (Lipinski definition) is 0. The summed E-state index contributed by atoms with van der Waals surface area (Å²) in [5.41, 5.74) is 2.70. The Bertz CT molecular complexity index is 687. The second-order valence-corrected chi connectivity index (χ2v) is 7.06. The first-order valence-electron chi connectivity index (χ1n) is 9.67. The van der Waals surface area contributed by atoms with Gasteiger partial charge in [-0.05, 0) is 38.8 Å². The van der Waals surface area contributed by atoms with E-state index in [1.807, 2.05) is 41.8 Å². The SMILES string of the molecule is CCOC(=O)CN1CCCN(C(=O)CCC(=O)c2cc(C)ccc2C)CC1. The fourth-order valence-corrected chi connectivity index (χ4v) is 3.32. The van der Waals surface area contributed by atoms with E-state index in [2.05, 4.69) is 0 Å². The van der Waals surface area contributed by atoms with Gasteiger partial charge in [-0.3, -0.25) is 19.3 Å². The van der Waals surface area contributed by atoms with E-state index in [4.69, 9.17) is 4.74 Å². The van der Waals surface area contributed by atoms with Gasteiger partial charge in [-0.25, -0.2) is 0 Å². The molecule has 1 fully saturated rings. The van der Waals surface area contributed by atoms with Crippen molar-refractivity contribution >= 4 is 17.7 Å². The minimum Gasteiger partial charge on any atom is -0.465 e. The highest BCUT2D eigenvalue weighted by atomic mass is 16.5. The Labute approximate surface area is 161 Å². The van der Waals surface area contributed by atoms with Gasteiger partial charge in [-0.1, -0.05) is 17.7 Å². The normalized spacial score (nSPS) is 15.3. The lowest BCUT2D eigenvalue weighted by Crippen LogP contribution is -2.37. The fourth-order valence-electron chi connectivity index (χ4n) is 3.32. The second-order valence-electron chi connectivity index (χ2n) is 7.06. The van der Waals surface area contributed by atoms with Crippen molar-refractivity contribution in [2.45, 2.75) is 40.0 Å². The highest BCUT2D eigenvalue weighted by molar-refractivity contribution is 5.99. The quantitative estimate of drug-likeness (QED) is 0.541. The Morgan fingerprint density at radius 1 is 1.04 bits per heavy atom. The van der Waals surface area contributed by atoms with E-state index in [1.165, 1.54) is 0 Å². The molecule has 27 heavy (non-hydrogen) atoms. The second kappa shape index (κ2) is 10.2. The third-order valence-corrected chi connectivity index (χ3v) is 4.86. The van der Waals surface area contributed by atoms with E-state index in [-0.39, 0.29) is 37.0 Å². The Balaban J connectivity index is 1.83. The van der Waals surface area contributed by atoms with Crippen molar-refractivity contribution < 1.29 is 19.1 Å². The summed E-state index contributed by atoms with van der Waals surface area (Å²) in [6, 6.07) is 5.81. The number of aryl methyl sites for hydroxylation is 2. The fraction of sp³-hybridized carbons (Fsp3) is 0.571. The Kier molecular flexibility index (Phi) is 7.98. The molecule has 6 nitrogen and oxygen atoms in total. The topological polar surface area (TPSA) is 66.9 Å². The van der Waals surface area contributed by atoms with Crippen molar-refractivity contribution in [1.82, 2.24) is 9.80 Å². The molecule has 0 spiro atoms. The highest BCUT2D eigenvalue weighted by Crippen LogP contribution is 2.15. The summed E-state index contributed by atoms with van der Waals surface area (Å²) in [6.07, 6.45) is 1.27. The van der Waals surface area contributed by atoms with Crippen LogP contribution in [0.25, 0.3) is 0 Å². The molecule has 0 atom stereocenters. The number of amides is 1. The summed E-state index contributed by atoms with van der Waals surface area (Å²) >= 11 is 0. The maximum atomic E-state index is 12.5.